The SMILES string of the molecule is C1CCC2CN(CCN3CC4CCCCC4C3)CC2C1.Cl. The highest BCUT2D eigenvalue weighted by molar-refractivity contribution is 5.85. The molecule has 4 atom stereocenters. The van der Waals surface area contributed by atoms with Crippen LogP contribution in [0, 0.1) is 23.7 Å². The minimum Gasteiger partial charge on any atom is -0.301 e. The molecule has 2 aliphatic heterocycles. The zero-order valence-electron chi connectivity index (χ0n) is 13.5. The van der Waals surface area contributed by atoms with E-state index >= 15 is 0 Å². The van der Waals surface area contributed by atoms with E-state index in [4.69, 9.17) is 0 Å². The Bertz CT molecular complexity index is 275. The van der Waals surface area contributed by atoms with Gasteiger partial charge in [0.15, 0.2) is 0 Å². The maximum absolute atomic E-state index is 2.79. The van der Waals surface area contributed by atoms with Gasteiger partial charge >= 0.3 is 0 Å². The van der Waals surface area contributed by atoms with Gasteiger partial charge in [-0.15, -0.1) is 12.4 Å². The number of halogens is 1. The summed E-state index contributed by atoms with van der Waals surface area (Å²) in [5, 5.41) is 0. The second kappa shape index (κ2) is 7.19. The van der Waals surface area contributed by atoms with Gasteiger partial charge in [0.25, 0.3) is 0 Å². The summed E-state index contributed by atoms with van der Waals surface area (Å²) in [7, 11) is 0. The minimum atomic E-state index is 0. The van der Waals surface area contributed by atoms with Gasteiger partial charge in [-0.3, -0.25) is 0 Å². The molecule has 4 fully saturated rings. The van der Waals surface area contributed by atoms with E-state index in [-0.39, 0.29) is 12.4 Å². The quantitative estimate of drug-likeness (QED) is 0.785. The van der Waals surface area contributed by atoms with E-state index in [9.17, 15) is 0 Å². The van der Waals surface area contributed by atoms with Crippen LogP contribution >= 0.6 is 12.4 Å². The second-order valence-corrected chi connectivity index (χ2v) is 8.13. The predicted octanol–water partition coefficient (Wildman–Crippen LogP) is 3.65. The molecule has 2 heterocycles. The van der Waals surface area contributed by atoms with Crippen molar-refractivity contribution in [1.29, 1.82) is 0 Å². The molecular formula is C18H33ClN2. The normalized spacial score (nSPS) is 40.6. The second-order valence-electron chi connectivity index (χ2n) is 8.13. The highest BCUT2D eigenvalue weighted by atomic mass is 35.5. The molecule has 3 heteroatoms. The first-order valence-corrected chi connectivity index (χ1v) is 9.33. The van der Waals surface area contributed by atoms with Crippen molar-refractivity contribution in [1.82, 2.24) is 9.80 Å². The molecule has 0 amide bonds. The molecule has 4 aliphatic rings. The van der Waals surface area contributed by atoms with Gasteiger partial charge in [0, 0.05) is 39.3 Å². The van der Waals surface area contributed by atoms with Crippen LogP contribution in [0.15, 0.2) is 0 Å². The van der Waals surface area contributed by atoms with Crippen LogP contribution in [-0.4, -0.2) is 49.1 Å². The fraction of sp³-hybridized carbons (Fsp3) is 1.00. The van der Waals surface area contributed by atoms with Crippen LogP contribution in [0.2, 0.25) is 0 Å². The summed E-state index contributed by atoms with van der Waals surface area (Å²) in [6.07, 6.45) is 12.1. The van der Waals surface area contributed by atoms with Crippen LogP contribution in [0.1, 0.15) is 51.4 Å². The molecule has 122 valence electrons. The Labute approximate surface area is 137 Å². The zero-order valence-corrected chi connectivity index (χ0v) is 14.3. The van der Waals surface area contributed by atoms with Gasteiger partial charge in [0.05, 0.1) is 0 Å². The van der Waals surface area contributed by atoms with Gasteiger partial charge in [0.1, 0.15) is 0 Å². The van der Waals surface area contributed by atoms with Gasteiger partial charge < -0.3 is 9.80 Å². The molecule has 4 unspecified atom stereocenters. The molecule has 2 aliphatic carbocycles. The van der Waals surface area contributed by atoms with E-state index in [1.165, 1.54) is 90.6 Å². The number of likely N-dealkylation sites (tertiary alicyclic amines) is 2. The number of fused-ring (bicyclic) bond motifs is 2. The van der Waals surface area contributed by atoms with Gasteiger partial charge in [-0.25, -0.2) is 0 Å². The predicted molar refractivity (Wildman–Crippen MR) is 91.0 cm³/mol. The zero-order chi connectivity index (χ0) is 13.4. The van der Waals surface area contributed by atoms with Crippen LogP contribution in [0.4, 0.5) is 0 Å². The first-order valence-electron chi connectivity index (χ1n) is 9.33. The van der Waals surface area contributed by atoms with E-state index in [1.807, 2.05) is 0 Å². The van der Waals surface area contributed by atoms with E-state index in [2.05, 4.69) is 9.80 Å². The maximum Gasteiger partial charge on any atom is 0.0110 e. The number of nitrogens with zero attached hydrogens (tertiary/aromatic N) is 2. The summed E-state index contributed by atoms with van der Waals surface area (Å²) in [4.78, 5) is 5.59. The monoisotopic (exact) mass is 312 g/mol. The fourth-order valence-corrected chi connectivity index (χ4v) is 5.65. The molecule has 0 aromatic rings. The third-order valence-electron chi connectivity index (χ3n) is 6.84. The molecule has 2 saturated heterocycles. The lowest BCUT2D eigenvalue weighted by atomic mass is 9.82. The summed E-state index contributed by atoms with van der Waals surface area (Å²) in [6.45, 7) is 8.40. The standard InChI is InChI=1S/C18H32N2.ClH/c1-2-6-16-12-19(11-15(16)5-1)9-10-20-13-17-7-3-4-8-18(17)14-20;/h15-18H,1-14H2;1H. The van der Waals surface area contributed by atoms with Crippen LogP contribution < -0.4 is 0 Å². The Hall–Kier alpha value is 0.210. The summed E-state index contributed by atoms with van der Waals surface area (Å²) in [6, 6.07) is 0. The number of rotatable bonds is 3. The first kappa shape index (κ1) is 16.1. The third kappa shape index (κ3) is 3.59. The van der Waals surface area contributed by atoms with Crippen molar-refractivity contribution in [3.05, 3.63) is 0 Å². The van der Waals surface area contributed by atoms with Crippen molar-refractivity contribution in [3.8, 4) is 0 Å². The molecule has 0 N–H and O–H groups in total. The molecular weight excluding hydrogens is 280 g/mol. The molecule has 2 saturated carbocycles. The van der Waals surface area contributed by atoms with Crippen molar-refractivity contribution in [3.63, 3.8) is 0 Å². The molecule has 0 radical (unpaired) electrons. The average molecular weight is 313 g/mol. The van der Waals surface area contributed by atoms with Gasteiger partial charge in [-0.1, -0.05) is 25.7 Å². The Morgan fingerprint density at radius 1 is 0.524 bits per heavy atom. The third-order valence-corrected chi connectivity index (χ3v) is 6.84. The van der Waals surface area contributed by atoms with Crippen molar-refractivity contribution in [2.45, 2.75) is 51.4 Å². The Morgan fingerprint density at radius 2 is 0.810 bits per heavy atom. The van der Waals surface area contributed by atoms with E-state index in [0.29, 0.717) is 0 Å². The van der Waals surface area contributed by atoms with E-state index in [1.54, 1.807) is 0 Å². The minimum absolute atomic E-state index is 0. The Morgan fingerprint density at radius 3 is 1.10 bits per heavy atom. The fourth-order valence-electron chi connectivity index (χ4n) is 5.65. The van der Waals surface area contributed by atoms with Crippen molar-refractivity contribution < 1.29 is 0 Å². The summed E-state index contributed by atoms with van der Waals surface area (Å²) >= 11 is 0. The maximum atomic E-state index is 2.79. The van der Waals surface area contributed by atoms with Gasteiger partial charge in [0.2, 0.25) is 0 Å². The summed E-state index contributed by atoms with van der Waals surface area (Å²) in [5.41, 5.74) is 0. The number of hydrogen-bond donors (Lipinski definition) is 0. The smallest absolute Gasteiger partial charge is 0.0110 e. The van der Waals surface area contributed by atoms with Gasteiger partial charge in [-0.2, -0.15) is 0 Å². The summed E-state index contributed by atoms with van der Waals surface area (Å²) < 4.78 is 0. The lowest BCUT2D eigenvalue weighted by Crippen LogP contribution is -2.33. The Kier molecular flexibility index (Phi) is 5.50. The van der Waals surface area contributed by atoms with Crippen molar-refractivity contribution in [2.75, 3.05) is 39.3 Å². The molecule has 0 spiro atoms. The Balaban J connectivity index is 0.00000132. The van der Waals surface area contributed by atoms with Crippen LogP contribution in [0.25, 0.3) is 0 Å². The van der Waals surface area contributed by atoms with Crippen LogP contribution in [-0.2, 0) is 0 Å². The van der Waals surface area contributed by atoms with E-state index in [0.717, 1.165) is 23.7 Å². The van der Waals surface area contributed by atoms with Crippen LogP contribution in [0.5, 0.6) is 0 Å². The van der Waals surface area contributed by atoms with Crippen LogP contribution in [0.3, 0.4) is 0 Å². The average Bonchev–Trinajstić information content (AvgIpc) is 3.07. The lowest BCUT2D eigenvalue weighted by molar-refractivity contribution is 0.243. The topological polar surface area (TPSA) is 6.48 Å². The molecule has 4 rings (SSSR count). The summed E-state index contributed by atoms with van der Waals surface area (Å²) in [5.74, 6) is 4.24. The largest absolute Gasteiger partial charge is 0.301 e. The lowest BCUT2D eigenvalue weighted by Gasteiger charge is -2.23. The molecule has 21 heavy (non-hydrogen) atoms. The van der Waals surface area contributed by atoms with E-state index < -0.39 is 0 Å². The molecule has 2 nitrogen and oxygen atoms in total. The molecule has 0 aromatic carbocycles. The highest BCUT2D eigenvalue weighted by Gasteiger charge is 2.36. The van der Waals surface area contributed by atoms with Crippen molar-refractivity contribution >= 4 is 12.4 Å². The van der Waals surface area contributed by atoms with Crippen molar-refractivity contribution in [2.24, 2.45) is 23.7 Å². The number of hydrogen-bond acceptors (Lipinski definition) is 2. The molecule has 0 aromatic heterocycles. The first-order chi connectivity index (χ1) is 9.88. The molecule has 0 bridgehead atoms. The van der Waals surface area contributed by atoms with Gasteiger partial charge in [-0.05, 0) is 49.4 Å². The highest BCUT2D eigenvalue weighted by Crippen LogP contribution is 2.37.